The molecule has 0 bridgehead atoms. The Morgan fingerprint density at radius 3 is 2.47 bits per heavy atom. The maximum atomic E-state index is 3.73. The van der Waals surface area contributed by atoms with E-state index in [1.165, 1.54) is 38.8 Å². The lowest BCUT2D eigenvalue weighted by molar-refractivity contribution is 0.149. The van der Waals surface area contributed by atoms with Crippen molar-refractivity contribution in [3.05, 3.63) is 0 Å². The van der Waals surface area contributed by atoms with Gasteiger partial charge in [0.1, 0.15) is 0 Å². The molecule has 2 atom stereocenters. The second-order valence-electron chi connectivity index (χ2n) is 6.11. The third-order valence-corrected chi connectivity index (χ3v) is 4.41. The van der Waals surface area contributed by atoms with Gasteiger partial charge in [-0.1, -0.05) is 41.0 Å². The molecule has 102 valence electrons. The van der Waals surface area contributed by atoms with Crippen LogP contribution in [0.15, 0.2) is 0 Å². The standard InChI is InChI=1S/C15H32N2/c1-6-9-12-17(8-3)13-10-11-15(4,5)14(13)16-7-2/h13-14,16H,6-12H2,1-5H3. The minimum atomic E-state index is 0.459. The lowest BCUT2D eigenvalue weighted by Crippen LogP contribution is -2.52. The highest BCUT2D eigenvalue weighted by atomic mass is 15.2. The monoisotopic (exact) mass is 240 g/mol. The second-order valence-corrected chi connectivity index (χ2v) is 6.11. The van der Waals surface area contributed by atoms with Crippen LogP contribution in [0.25, 0.3) is 0 Å². The summed E-state index contributed by atoms with van der Waals surface area (Å²) < 4.78 is 0. The number of likely N-dealkylation sites (N-methyl/N-ethyl adjacent to an activating group) is 2. The molecule has 1 aliphatic rings. The number of nitrogens with zero attached hydrogens (tertiary/aromatic N) is 1. The minimum Gasteiger partial charge on any atom is -0.312 e. The van der Waals surface area contributed by atoms with E-state index in [9.17, 15) is 0 Å². The van der Waals surface area contributed by atoms with Gasteiger partial charge in [-0.2, -0.15) is 0 Å². The Kier molecular flexibility index (Phi) is 5.94. The van der Waals surface area contributed by atoms with Gasteiger partial charge in [-0.3, -0.25) is 4.90 Å². The summed E-state index contributed by atoms with van der Waals surface area (Å²) in [5, 5.41) is 3.73. The van der Waals surface area contributed by atoms with E-state index in [2.05, 4.69) is 44.8 Å². The van der Waals surface area contributed by atoms with Crippen LogP contribution in [0.3, 0.4) is 0 Å². The highest BCUT2D eigenvalue weighted by Crippen LogP contribution is 2.39. The maximum Gasteiger partial charge on any atom is 0.0274 e. The van der Waals surface area contributed by atoms with Crippen molar-refractivity contribution in [1.29, 1.82) is 0 Å². The zero-order valence-electron chi connectivity index (χ0n) is 12.6. The Balaban J connectivity index is 2.66. The largest absolute Gasteiger partial charge is 0.312 e. The van der Waals surface area contributed by atoms with Crippen LogP contribution in [0.5, 0.6) is 0 Å². The van der Waals surface area contributed by atoms with Crippen LogP contribution in [0.2, 0.25) is 0 Å². The van der Waals surface area contributed by atoms with Crippen molar-refractivity contribution in [1.82, 2.24) is 10.2 Å². The summed E-state index contributed by atoms with van der Waals surface area (Å²) in [6.07, 6.45) is 5.36. The second kappa shape index (κ2) is 6.75. The molecule has 1 aliphatic carbocycles. The molecule has 0 aromatic carbocycles. The van der Waals surface area contributed by atoms with Gasteiger partial charge in [0.15, 0.2) is 0 Å². The molecule has 17 heavy (non-hydrogen) atoms. The van der Waals surface area contributed by atoms with Gasteiger partial charge in [0.2, 0.25) is 0 Å². The third kappa shape index (κ3) is 3.69. The molecule has 0 aliphatic heterocycles. The normalized spacial score (nSPS) is 27.9. The number of nitrogens with one attached hydrogen (secondary N) is 1. The summed E-state index contributed by atoms with van der Waals surface area (Å²) in [6.45, 7) is 15.2. The minimum absolute atomic E-state index is 0.459. The fourth-order valence-corrected chi connectivity index (χ4v) is 3.31. The van der Waals surface area contributed by atoms with Gasteiger partial charge in [-0.15, -0.1) is 0 Å². The SMILES string of the molecule is CCCCN(CC)C1CCC(C)(C)C1NCC. The zero-order valence-corrected chi connectivity index (χ0v) is 12.6. The van der Waals surface area contributed by atoms with E-state index in [-0.39, 0.29) is 0 Å². The summed E-state index contributed by atoms with van der Waals surface area (Å²) in [6, 6.07) is 1.42. The van der Waals surface area contributed by atoms with Gasteiger partial charge in [0.05, 0.1) is 0 Å². The van der Waals surface area contributed by atoms with E-state index in [0.29, 0.717) is 11.5 Å². The fraction of sp³-hybridized carbons (Fsp3) is 1.00. The van der Waals surface area contributed by atoms with Crippen molar-refractivity contribution in [2.45, 2.75) is 72.4 Å². The van der Waals surface area contributed by atoms with Crippen molar-refractivity contribution in [3.63, 3.8) is 0 Å². The van der Waals surface area contributed by atoms with Gasteiger partial charge in [0.25, 0.3) is 0 Å². The van der Waals surface area contributed by atoms with E-state index in [1.807, 2.05) is 0 Å². The summed E-state index contributed by atoms with van der Waals surface area (Å²) in [5.41, 5.74) is 0.459. The van der Waals surface area contributed by atoms with E-state index < -0.39 is 0 Å². The average Bonchev–Trinajstić information content (AvgIpc) is 2.58. The van der Waals surface area contributed by atoms with E-state index in [4.69, 9.17) is 0 Å². The van der Waals surface area contributed by atoms with Crippen molar-refractivity contribution >= 4 is 0 Å². The topological polar surface area (TPSA) is 15.3 Å². The number of hydrogen-bond donors (Lipinski definition) is 1. The first-order valence-corrected chi connectivity index (χ1v) is 7.54. The average molecular weight is 240 g/mol. The molecule has 2 nitrogen and oxygen atoms in total. The van der Waals surface area contributed by atoms with Crippen LogP contribution < -0.4 is 5.32 Å². The molecule has 0 radical (unpaired) electrons. The molecule has 1 N–H and O–H groups in total. The Hall–Kier alpha value is -0.0800. The highest BCUT2D eigenvalue weighted by molar-refractivity contribution is 5.00. The molecule has 0 saturated heterocycles. The van der Waals surface area contributed by atoms with Crippen molar-refractivity contribution < 1.29 is 0 Å². The maximum absolute atomic E-state index is 3.73. The Morgan fingerprint density at radius 1 is 1.24 bits per heavy atom. The van der Waals surface area contributed by atoms with Crippen molar-refractivity contribution in [3.8, 4) is 0 Å². The van der Waals surface area contributed by atoms with Crippen LogP contribution >= 0.6 is 0 Å². The molecule has 0 aromatic heterocycles. The molecule has 1 rings (SSSR count). The molecule has 0 aromatic rings. The molecule has 0 heterocycles. The van der Waals surface area contributed by atoms with Crippen LogP contribution in [-0.4, -0.2) is 36.6 Å². The Labute approximate surface area is 108 Å². The van der Waals surface area contributed by atoms with Crippen LogP contribution in [-0.2, 0) is 0 Å². The lowest BCUT2D eigenvalue weighted by atomic mass is 9.86. The van der Waals surface area contributed by atoms with E-state index in [1.54, 1.807) is 0 Å². The molecular weight excluding hydrogens is 208 g/mol. The molecular formula is C15H32N2. The first kappa shape index (κ1) is 15.0. The van der Waals surface area contributed by atoms with Crippen LogP contribution in [0.1, 0.15) is 60.3 Å². The zero-order chi connectivity index (χ0) is 12.9. The molecule has 1 saturated carbocycles. The van der Waals surface area contributed by atoms with Crippen LogP contribution in [0, 0.1) is 5.41 Å². The van der Waals surface area contributed by atoms with Gasteiger partial charge in [-0.25, -0.2) is 0 Å². The highest BCUT2D eigenvalue weighted by Gasteiger charge is 2.43. The van der Waals surface area contributed by atoms with E-state index >= 15 is 0 Å². The number of unbranched alkanes of at least 4 members (excludes halogenated alkanes) is 1. The summed E-state index contributed by atoms with van der Waals surface area (Å²) in [5.74, 6) is 0. The third-order valence-electron chi connectivity index (χ3n) is 4.41. The fourth-order valence-electron chi connectivity index (χ4n) is 3.31. The number of rotatable bonds is 7. The molecule has 0 amide bonds. The van der Waals surface area contributed by atoms with Gasteiger partial charge in [-0.05, 0) is 44.3 Å². The molecule has 0 spiro atoms. The molecule has 2 unspecified atom stereocenters. The first-order chi connectivity index (χ1) is 8.06. The Morgan fingerprint density at radius 2 is 1.94 bits per heavy atom. The van der Waals surface area contributed by atoms with E-state index in [0.717, 1.165) is 12.6 Å². The smallest absolute Gasteiger partial charge is 0.0274 e. The first-order valence-electron chi connectivity index (χ1n) is 7.54. The van der Waals surface area contributed by atoms with Gasteiger partial charge < -0.3 is 5.32 Å². The summed E-state index contributed by atoms with van der Waals surface area (Å²) in [7, 11) is 0. The van der Waals surface area contributed by atoms with Crippen molar-refractivity contribution in [2.75, 3.05) is 19.6 Å². The van der Waals surface area contributed by atoms with Gasteiger partial charge in [0, 0.05) is 12.1 Å². The predicted octanol–water partition coefficient (Wildman–Crippen LogP) is 3.28. The summed E-state index contributed by atoms with van der Waals surface area (Å²) in [4.78, 5) is 2.70. The quantitative estimate of drug-likeness (QED) is 0.735. The number of hydrogen-bond acceptors (Lipinski definition) is 2. The van der Waals surface area contributed by atoms with Gasteiger partial charge >= 0.3 is 0 Å². The predicted molar refractivity (Wildman–Crippen MR) is 76.4 cm³/mol. The lowest BCUT2D eigenvalue weighted by Gasteiger charge is -2.37. The summed E-state index contributed by atoms with van der Waals surface area (Å²) >= 11 is 0. The molecule has 1 fully saturated rings. The molecule has 2 heteroatoms. The Bertz CT molecular complexity index is 213. The van der Waals surface area contributed by atoms with Crippen LogP contribution in [0.4, 0.5) is 0 Å². The van der Waals surface area contributed by atoms with Crippen molar-refractivity contribution in [2.24, 2.45) is 5.41 Å².